The maximum atomic E-state index is 5.44. The van der Waals surface area contributed by atoms with E-state index in [0.29, 0.717) is 12.1 Å². The molecule has 0 bridgehead atoms. The van der Waals surface area contributed by atoms with E-state index in [1.54, 1.807) is 7.11 Å². The lowest BCUT2D eigenvalue weighted by atomic mass is 10.0. The molecule has 0 aromatic heterocycles. The van der Waals surface area contributed by atoms with E-state index in [1.165, 1.54) is 6.42 Å². The Morgan fingerprint density at radius 2 is 1.89 bits per heavy atom. The summed E-state index contributed by atoms with van der Waals surface area (Å²) >= 11 is 0. The van der Waals surface area contributed by atoms with Gasteiger partial charge in [-0.25, -0.2) is 0 Å². The molecule has 2 atom stereocenters. The summed E-state index contributed by atoms with van der Waals surface area (Å²) in [5.74, 6) is 0.734. The van der Waals surface area contributed by atoms with E-state index in [0.717, 1.165) is 45.4 Å². The van der Waals surface area contributed by atoms with Gasteiger partial charge in [-0.2, -0.15) is 0 Å². The molecule has 4 heteroatoms. The SMILES string of the molecule is COCC(C)NCC(CC(C)C)N1CCOCC1. The molecule has 1 aliphatic heterocycles. The highest BCUT2D eigenvalue weighted by Gasteiger charge is 2.22. The smallest absolute Gasteiger partial charge is 0.0613 e. The van der Waals surface area contributed by atoms with Gasteiger partial charge in [0.05, 0.1) is 19.8 Å². The molecular formula is C14H30N2O2. The summed E-state index contributed by atoms with van der Waals surface area (Å²) in [6.07, 6.45) is 1.24. The summed E-state index contributed by atoms with van der Waals surface area (Å²) in [4.78, 5) is 2.57. The number of hydrogen-bond acceptors (Lipinski definition) is 4. The maximum Gasteiger partial charge on any atom is 0.0613 e. The first-order valence-corrected chi connectivity index (χ1v) is 7.17. The number of rotatable bonds is 8. The molecule has 0 amide bonds. The van der Waals surface area contributed by atoms with Crippen molar-refractivity contribution in [3.63, 3.8) is 0 Å². The van der Waals surface area contributed by atoms with Crippen LogP contribution in [0.25, 0.3) is 0 Å². The fourth-order valence-electron chi connectivity index (χ4n) is 2.49. The highest BCUT2D eigenvalue weighted by atomic mass is 16.5. The van der Waals surface area contributed by atoms with Gasteiger partial charge >= 0.3 is 0 Å². The number of nitrogens with one attached hydrogen (secondary N) is 1. The van der Waals surface area contributed by atoms with Crippen LogP contribution in [-0.2, 0) is 9.47 Å². The molecule has 0 spiro atoms. The van der Waals surface area contributed by atoms with Crippen LogP contribution in [0.1, 0.15) is 27.2 Å². The molecule has 4 nitrogen and oxygen atoms in total. The van der Waals surface area contributed by atoms with E-state index in [2.05, 4.69) is 31.0 Å². The van der Waals surface area contributed by atoms with Gasteiger partial charge in [-0.3, -0.25) is 4.90 Å². The van der Waals surface area contributed by atoms with E-state index in [9.17, 15) is 0 Å². The minimum atomic E-state index is 0.422. The van der Waals surface area contributed by atoms with Crippen molar-refractivity contribution < 1.29 is 9.47 Å². The molecule has 0 saturated carbocycles. The lowest BCUT2D eigenvalue weighted by molar-refractivity contribution is 0.0113. The molecule has 0 aromatic carbocycles. The topological polar surface area (TPSA) is 33.7 Å². The molecule has 1 fully saturated rings. The average Bonchev–Trinajstić information content (AvgIpc) is 2.35. The standard InChI is InChI=1S/C14H30N2O2/c1-12(2)9-14(10-15-13(3)11-17-4)16-5-7-18-8-6-16/h12-15H,5-11H2,1-4H3. The highest BCUT2D eigenvalue weighted by molar-refractivity contribution is 4.78. The zero-order valence-corrected chi connectivity index (χ0v) is 12.4. The van der Waals surface area contributed by atoms with Crippen LogP contribution in [0.4, 0.5) is 0 Å². The van der Waals surface area contributed by atoms with Crippen LogP contribution in [0.15, 0.2) is 0 Å². The number of nitrogens with zero attached hydrogens (tertiary/aromatic N) is 1. The van der Waals surface area contributed by atoms with Crippen LogP contribution < -0.4 is 5.32 Å². The zero-order valence-electron chi connectivity index (χ0n) is 12.4. The van der Waals surface area contributed by atoms with Gasteiger partial charge in [-0.05, 0) is 19.3 Å². The normalized spacial score (nSPS) is 21.2. The largest absolute Gasteiger partial charge is 0.383 e. The highest BCUT2D eigenvalue weighted by Crippen LogP contribution is 2.13. The number of morpholine rings is 1. The van der Waals surface area contributed by atoms with Crippen molar-refractivity contribution in [1.82, 2.24) is 10.2 Å². The van der Waals surface area contributed by atoms with Gasteiger partial charge in [0.2, 0.25) is 0 Å². The van der Waals surface area contributed by atoms with Crippen molar-refractivity contribution >= 4 is 0 Å². The Hall–Kier alpha value is -0.160. The van der Waals surface area contributed by atoms with Gasteiger partial charge in [0.25, 0.3) is 0 Å². The first-order chi connectivity index (χ1) is 8.63. The second-order valence-corrected chi connectivity index (χ2v) is 5.70. The third kappa shape index (κ3) is 6.14. The Morgan fingerprint density at radius 3 is 2.44 bits per heavy atom. The predicted octanol–water partition coefficient (Wildman–Crippen LogP) is 1.36. The van der Waals surface area contributed by atoms with Crippen LogP contribution >= 0.6 is 0 Å². The third-order valence-corrected chi connectivity index (χ3v) is 3.42. The predicted molar refractivity (Wildman–Crippen MR) is 75.0 cm³/mol. The Labute approximate surface area is 112 Å². The third-order valence-electron chi connectivity index (χ3n) is 3.42. The van der Waals surface area contributed by atoms with E-state index < -0.39 is 0 Å². The van der Waals surface area contributed by atoms with E-state index >= 15 is 0 Å². The minimum absolute atomic E-state index is 0.422. The Bertz CT molecular complexity index is 206. The summed E-state index contributed by atoms with van der Waals surface area (Å²) in [6.45, 7) is 12.5. The van der Waals surface area contributed by atoms with Crippen LogP contribution in [-0.4, -0.2) is 63.5 Å². The van der Waals surface area contributed by atoms with Crippen molar-refractivity contribution in [3.8, 4) is 0 Å². The molecule has 1 aliphatic rings. The summed E-state index contributed by atoms with van der Waals surface area (Å²) in [5.41, 5.74) is 0. The zero-order chi connectivity index (χ0) is 13.4. The van der Waals surface area contributed by atoms with Crippen molar-refractivity contribution in [3.05, 3.63) is 0 Å². The first-order valence-electron chi connectivity index (χ1n) is 7.17. The van der Waals surface area contributed by atoms with Crippen molar-refractivity contribution in [2.24, 2.45) is 5.92 Å². The molecular weight excluding hydrogens is 228 g/mol. The summed E-state index contributed by atoms with van der Waals surface area (Å²) < 4.78 is 10.6. The molecule has 0 aromatic rings. The van der Waals surface area contributed by atoms with Gasteiger partial charge < -0.3 is 14.8 Å². The molecule has 1 saturated heterocycles. The van der Waals surface area contributed by atoms with Crippen molar-refractivity contribution in [2.75, 3.05) is 46.6 Å². The van der Waals surface area contributed by atoms with E-state index in [-0.39, 0.29) is 0 Å². The van der Waals surface area contributed by atoms with Gasteiger partial charge in [0.1, 0.15) is 0 Å². The number of methoxy groups -OCH3 is 1. The number of hydrogen-bond donors (Lipinski definition) is 1. The fourth-order valence-corrected chi connectivity index (χ4v) is 2.49. The second-order valence-electron chi connectivity index (χ2n) is 5.70. The summed E-state index contributed by atoms with van der Waals surface area (Å²) in [5, 5.41) is 3.58. The van der Waals surface area contributed by atoms with Gasteiger partial charge in [-0.15, -0.1) is 0 Å². The molecule has 0 radical (unpaired) electrons. The van der Waals surface area contributed by atoms with Crippen LogP contribution in [0.3, 0.4) is 0 Å². The van der Waals surface area contributed by atoms with Crippen molar-refractivity contribution in [1.29, 1.82) is 0 Å². The van der Waals surface area contributed by atoms with Crippen LogP contribution in [0.5, 0.6) is 0 Å². The Balaban J connectivity index is 2.38. The lowest BCUT2D eigenvalue weighted by Crippen LogP contribution is -2.50. The van der Waals surface area contributed by atoms with Gasteiger partial charge in [-0.1, -0.05) is 13.8 Å². The summed E-state index contributed by atoms with van der Waals surface area (Å²) in [7, 11) is 1.76. The lowest BCUT2D eigenvalue weighted by Gasteiger charge is -2.36. The molecule has 1 N–H and O–H groups in total. The molecule has 1 heterocycles. The van der Waals surface area contributed by atoms with Gasteiger partial charge in [0, 0.05) is 38.8 Å². The Kier molecular flexibility index (Phi) is 7.82. The van der Waals surface area contributed by atoms with Crippen molar-refractivity contribution in [2.45, 2.75) is 39.3 Å². The Morgan fingerprint density at radius 1 is 1.22 bits per heavy atom. The molecule has 2 unspecified atom stereocenters. The quantitative estimate of drug-likeness (QED) is 0.713. The van der Waals surface area contributed by atoms with E-state index in [1.807, 2.05) is 0 Å². The molecule has 0 aliphatic carbocycles. The van der Waals surface area contributed by atoms with Gasteiger partial charge in [0.15, 0.2) is 0 Å². The van der Waals surface area contributed by atoms with E-state index in [4.69, 9.17) is 9.47 Å². The van der Waals surface area contributed by atoms with Crippen LogP contribution in [0.2, 0.25) is 0 Å². The second kappa shape index (κ2) is 8.86. The minimum Gasteiger partial charge on any atom is -0.383 e. The average molecular weight is 258 g/mol. The molecule has 1 rings (SSSR count). The number of ether oxygens (including phenoxy) is 2. The maximum absolute atomic E-state index is 5.44. The monoisotopic (exact) mass is 258 g/mol. The first kappa shape index (κ1) is 15.9. The fraction of sp³-hybridized carbons (Fsp3) is 1.00. The summed E-state index contributed by atoms with van der Waals surface area (Å²) in [6, 6.07) is 1.04. The molecule has 108 valence electrons. The van der Waals surface area contributed by atoms with Crippen LogP contribution in [0, 0.1) is 5.92 Å². The molecule has 18 heavy (non-hydrogen) atoms.